The van der Waals surface area contributed by atoms with E-state index in [4.69, 9.17) is 22.2 Å². The zero-order valence-electron chi connectivity index (χ0n) is 8.38. The third-order valence-electron chi connectivity index (χ3n) is 2.08. The predicted octanol–water partition coefficient (Wildman–Crippen LogP) is 1.61. The molecular formula is C9H9ClN4OS. The van der Waals surface area contributed by atoms with Crippen molar-refractivity contribution in [3.63, 3.8) is 0 Å². The van der Waals surface area contributed by atoms with Gasteiger partial charge in [-0.1, -0.05) is 11.6 Å². The number of hydrogen-bond acceptors (Lipinski definition) is 5. The Bertz CT molecular complexity index is 528. The highest BCUT2D eigenvalue weighted by atomic mass is 35.5. The molecule has 0 saturated heterocycles. The highest BCUT2D eigenvalue weighted by Gasteiger charge is 2.14. The van der Waals surface area contributed by atoms with Gasteiger partial charge in [0.05, 0.1) is 12.7 Å². The number of benzene rings is 1. The standard InChI is InChI=1S/C9H9ClN4OS/c1-15-7-4-5(10)2-3-6(7)8-12-13-9(16)14(8)11/h2-4H,11H2,1H3,(H,13,16). The smallest absolute Gasteiger partial charge is 0.206 e. The Kier molecular flexibility index (Phi) is 2.93. The molecule has 0 unspecified atom stereocenters. The Morgan fingerprint density at radius 3 is 2.75 bits per heavy atom. The molecule has 7 heteroatoms. The highest BCUT2D eigenvalue weighted by molar-refractivity contribution is 7.80. The van der Waals surface area contributed by atoms with Crippen molar-refractivity contribution in [2.24, 2.45) is 0 Å². The Labute approximate surface area is 103 Å². The number of nitrogen functional groups attached to an aromatic ring is 1. The fraction of sp³-hybridized carbons (Fsp3) is 0.111. The quantitative estimate of drug-likeness (QED) is 0.633. The number of halogens is 1. The third kappa shape index (κ3) is 1.81. The summed E-state index contributed by atoms with van der Waals surface area (Å²) in [5.74, 6) is 6.78. The van der Waals surface area contributed by atoms with Crippen molar-refractivity contribution < 1.29 is 4.74 Å². The number of nitrogens with zero attached hydrogens (tertiary/aromatic N) is 3. The molecule has 0 aliphatic heterocycles. The van der Waals surface area contributed by atoms with Crippen molar-refractivity contribution in [3.8, 4) is 17.1 Å². The first kappa shape index (κ1) is 11.1. The molecule has 0 aliphatic carbocycles. The summed E-state index contributed by atoms with van der Waals surface area (Å²) >= 11 is 9.91. The lowest BCUT2D eigenvalue weighted by atomic mass is 10.2. The summed E-state index contributed by atoms with van der Waals surface area (Å²) in [6.07, 6.45) is 0. The average Bonchev–Trinajstić information content (AvgIpc) is 2.60. The second kappa shape index (κ2) is 4.23. The zero-order valence-corrected chi connectivity index (χ0v) is 10.0. The van der Waals surface area contributed by atoms with Gasteiger partial charge in [-0.25, -0.2) is 4.68 Å². The van der Waals surface area contributed by atoms with E-state index in [1.807, 2.05) is 0 Å². The molecular weight excluding hydrogens is 248 g/mol. The van der Waals surface area contributed by atoms with Gasteiger partial charge < -0.3 is 10.6 Å². The largest absolute Gasteiger partial charge is 0.496 e. The molecule has 0 aliphatic rings. The first-order chi connectivity index (χ1) is 7.63. The molecule has 1 aromatic carbocycles. The molecule has 0 radical (unpaired) electrons. The molecule has 16 heavy (non-hydrogen) atoms. The molecule has 84 valence electrons. The molecule has 0 saturated carbocycles. The van der Waals surface area contributed by atoms with Crippen molar-refractivity contribution in [3.05, 3.63) is 23.2 Å². The first-order valence-corrected chi connectivity index (χ1v) is 5.19. The highest BCUT2D eigenvalue weighted by Crippen LogP contribution is 2.31. The van der Waals surface area contributed by atoms with Crippen LogP contribution in [0.4, 0.5) is 0 Å². The molecule has 2 aromatic rings. The molecule has 0 spiro atoms. The van der Waals surface area contributed by atoms with Crippen LogP contribution in [0.15, 0.2) is 23.4 Å². The van der Waals surface area contributed by atoms with Gasteiger partial charge in [0.15, 0.2) is 5.82 Å². The number of aromatic nitrogens is 3. The Morgan fingerprint density at radius 2 is 2.19 bits per heavy atom. The maximum atomic E-state index is 5.86. The maximum absolute atomic E-state index is 5.86. The van der Waals surface area contributed by atoms with E-state index in [-0.39, 0.29) is 0 Å². The predicted molar refractivity (Wildman–Crippen MR) is 64.4 cm³/mol. The van der Waals surface area contributed by atoms with E-state index in [9.17, 15) is 0 Å². The van der Waals surface area contributed by atoms with Crippen molar-refractivity contribution in [2.75, 3.05) is 13.0 Å². The lowest BCUT2D eigenvalue weighted by Crippen LogP contribution is -2.10. The third-order valence-corrected chi connectivity index (χ3v) is 2.62. The van der Waals surface area contributed by atoms with Gasteiger partial charge in [-0.15, -0.1) is 22.8 Å². The van der Waals surface area contributed by atoms with Gasteiger partial charge in [-0.3, -0.25) is 0 Å². The number of rotatable bonds is 2. The summed E-state index contributed by atoms with van der Waals surface area (Å²) < 4.78 is 6.47. The van der Waals surface area contributed by atoms with Gasteiger partial charge in [0, 0.05) is 5.02 Å². The van der Waals surface area contributed by atoms with E-state index >= 15 is 0 Å². The van der Waals surface area contributed by atoms with Crippen molar-refractivity contribution in [2.45, 2.75) is 5.16 Å². The second-order valence-corrected chi connectivity index (χ2v) is 3.87. The molecule has 1 heterocycles. The van der Waals surface area contributed by atoms with Crippen LogP contribution in [0.1, 0.15) is 0 Å². The van der Waals surface area contributed by atoms with Crippen LogP contribution in [-0.4, -0.2) is 22.0 Å². The molecule has 5 nitrogen and oxygen atoms in total. The van der Waals surface area contributed by atoms with Crippen LogP contribution >= 0.6 is 24.2 Å². The van der Waals surface area contributed by atoms with Crippen LogP contribution < -0.4 is 10.6 Å². The van der Waals surface area contributed by atoms with Gasteiger partial charge in [0.1, 0.15) is 5.75 Å². The molecule has 2 N–H and O–H groups in total. The van der Waals surface area contributed by atoms with E-state index in [2.05, 4.69) is 22.8 Å². The Hall–Kier alpha value is -1.40. The van der Waals surface area contributed by atoms with Crippen LogP contribution in [-0.2, 0) is 0 Å². The number of methoxy groups -OCH3 is 1. The van der Waals surface area contributed by atoms with Crippen molar-refractivity contribution in [1.82, 2.24) is 14.9 Å². The first-order valence-electron chi connectivity index (χ1n) is 4.37. The molecule has 0 fully saturated rings. The van der Waals surface area contributed by atoms with Gasteiger partial charge in [-0.05, 0) is 18.2 Å². The van der Waals surface area contributed by atoms with Gasteiger partial charge in [-0.2, -0.15) is 0 Å². The van der Waals surface area contributed by atoms with Crippen LogP contribution in [0, 0.1) is 0 Å². The summed E-state index contributed by atoms with van der Waals surface area (Å²) in [6, 6.07) is 5.18. The zero-order chi connectivity index (χ0) is 11.7. The Balaban J connectivity index is 2.59. The minimum Gasteiger partial charge on any atom is -0.496 e. The van der Waals surface area contributed by atoms with Crippen LogP contribution in [0.3, 0.4) is 0 Å². The number of ether oxygens (including phenoxy) is 1. The number of thiol groups is 1. The molecule has 2 rings (SSSR count). The Morgan fingerprint density at radius 1 is 1.44 bits per heavy atom. The van der Waals surface area contributed by atoms with Crippen molar-refractivity contribution in [1.29, 1.82) is 0 Å². The molecule has 0 bridgehead atoms. The number of nitrogens with two attached hydrogens (primary N) is 1. The monoisotopic (exact) mass is 256 g/mol. The van der Waals surface area contributed by atoms with Crippen LogP contribution in [0.25, 0.3) is 11.4 Å². The normalized spacial score (nSPS) is 10.4. The maximum Gasteiger partial charge on any atom is 0.206 e. The molecule has 0 atom stereocenters. The van der Waals surface area contributed by atoms with E-state index < -0.39 is 0 Å². The second-order valence-electron chi connectivity index (χ2n) is 3.04. The summed E-state index contributed by atoms with van der Waals surface area (Å²) in [7, 11) is 1.55. The van der Waals surface area contributed by atoms with Crippen LogP contribution in [0.5, 0.6) is 5.75 Å². The van der Waals surface area contributed by atoms with Gasteiger partial charge in [0.2, 0.25) is 5.16 Å². The lowest BCUT2D eigenvalue weighted by Gasteiger charge is -2.07. The lowest BCUT2D eigenvalue weighted by molar-refractivity contribution is 0.416. The summed E-state index contributed by atoms with van der Waals surface area (Å²) in [4.78, 5) is 0. The minimum absolute atomic E-state index is 0.326. The van der Waals surface area contributed by atoms with E-state index in [1.165, 1.54) is 4.68 Å². The van der Waals surface area contributed by atoms with E-state index in [0.717, 1.165) is 0 Å². The SMILES string of the molecule is COc1cc(Cl)ccc1-c1nnc(S)n1N. The summed E-state index contributed by atoms with van der Waals surface area (Å²) in [5.41, 5.74) is 0.710. The molecule has 0 amide bonds. The fourth-order valence-corrected chi connectivity index (χ4v) is 1.62. The van der Waals surface area contributed by atoms with Crippen molar-refractivity contribution >= 4 is 24.2 Å². The minimum atomic E-state index is 0.326. The van der Waals surface area contributed by atoms with Crippen LogP contribution in [0.2, 0.25) is 5.02 Å². The molecule has 1 aromatic heterocycles. The summed E-state index contributed by atoms with van der Waals surface area (Å²) in [6.45, 7) is 0. The van der Waals surface area contributed by atoms with E-state index in [1.54, 1.807) is 25.3 Å². The topological polar surface area (TPSA) is 66.0 Å². The van der Waals surface area contributed by atoms with Gasteiger partial charge >= 0.3 is 0 Å². The van der Waals surface area contributed by atoms with Gasteiger partial charge in [0.25, 0.3) is 0 Å². The van der Waals surface area contributed by atoms with E-state index in [0.29, 0.717) is 27.3 Å². The fourth-order valence-electron chi connectivity index (χ4n) is 1.32. The summed E-state index contributed by atoms with van der Waals surface area (Å²) in [5, 5.41) is 8.57. The average molecular weight is 257 g/mol. The number of hydrogen-bond donors (Lipinski definition) is 2.